The molecule has 2 amide bonds. The first kappa shape index (κ1) is 37.0. The van der Waals surface area contributed by atoms with Crippen molar-refractivity contribution in [1.29, 1.82) is 0 Å². The Labute approximate surface area is 296 Å². The maximum absolute atomic E-state index is 14.2. The Morgan fingerprint density at radius 3 is 2.43 bits per heavy atom. The highest BCUT2D eigenvalue weighted by molar-refractivity contribution is 7.13. The van der Waals surface area contributed by atoms with E-state index >= 15 is 0 Å². The molecule has 0 aliphatic carbocycles. The summed E-state index contributed by atoms with van der Waals surface area (Å²) in [6.07, 6.45) is 5.34. The first-order valence-electron chi connectivity index (χ1n) is 18.4. The Morgan fingerprint density at radius 2 is 1.82 bits per heavy atom. The highest BCUT2D eigenvalue weighted by atomic mass is 32.1. The largest absolute Gasteiger partial charge is 0.391 e. The topological polar surface area (TPSA) is 112 Å². The number of benzene rings is 1. The van der Waals surface area contributed by atoms with E-state index in [1.54, 1.807) is 16.2 Å². The molecule has 2 aliphatic rings. The number of nitrogens with zero attached hydrogens (tertiary/aromatic N) is 4. The monoisotopic (exact) mass is 691 g/mol. The van der Waals surface area contributed by atoms with Crippen LogP contribution in [-0.4, -0.2) is 63.7 Å². The molecular formula is C39H57N5O4S. The van der Waals surface area contributed by atoms with Crippen molar-refractivity contribution in [3.05, 3.63) is 52.9 Å². The molecule has 2 aromatic heterocycles. The molecule has 5 rings (SSSR count). The van der Waals surface area contributed by atoms with E-state index in [0.29, 0.717) is 23.0 Å². The van der Waals surface area contributed by atoms with Gasteiger partial charge in [0.15, 0.2) is 11.6 Å². The van der Waals surface area contributed by atoms with Crippen LogP contribution in [0.25, 0.3) is 10.4 Å². The third kappa shape index (κ3) is 8.06. The van der Waals surface area contributed by atoms with Gasteiger partial charge in [0, 0.05) is 32.1 Å². The minimum atomic E-state index is -0.774. The second-order valence-corrected chi connectivity index (χ2v) is 16.1. The number of hydrogen-bond acceptors (Lipinski definition) is 8. The molecule has 2 aliphatic heterocycles. The molecule has 0 saturated carbocycles. The van der Waals surface area contributed by atoms with Crippen molar-refractivity contribution in [2.45, 2.75) is 118 Å². The number of rotatable bonds is 13. The molecule has 3 aromatic rings. The average molecular weight is 692 g/mol. The van der Waals surface area contributed by atoms with Gasteiger partial charge in [-0.15, -0.1) is 11.3 Å². The SMILES string of the molecule is CCC(CC)(CC1CCCN(c2cc(C(C(=O)N3CC(O)CC3C(=O)NC(C)c3ccc(-c4scnc4C)cc3)C(C)C)on2)C1)C(C)C. The molecule has 4 heterocycles. The number of carbonyl (C=O) groups is 2. The maximum Gasteiger partial charge on any atom is 0.243 e. The smallest absolute Gasteiger partial charge is 0.243 e. The van der Waals surface area contributed by atoms with E-state index in [4.69, 9.17) is 4.52 Å². The fourth-order valence-corrected chi connectivity index (χ4v) is 9.11. The van der Waals surface area contributed by atoms with Crippen LogP contribution in [0.2, 0.25) is 0 Å². The number of carbonyl (C=O) groups excluding carboxylic acids is 2. The Hall–Kier alpha value is -3.24. The predicted octanol–water partition coefficient (Wildman–Crippen LogP) is 7.75. The number of piperidine rings is 1. The number of thiazole rings is 1. The van der Waals surface area contributed by atoms with Gasteiger partial charge < -0.3 is 24.7 Å². The molecule has 5 unspecified atom stereocenters. The predicted molar refractivity (Wildman–Crippen MR) is 196 cm³/mol. The number of amides is 2. The van der Waals surface area contributed by atoms with Gasteiger partial charge in [-0.1, -0.05) is 83.8 Å². The second kappa shape index (κ2) is 15.8. The molecule has 5 atom stereocenters. The van der Waals surface area contributed by atoms with Crippen LogP contribution in [0, 0.1) is 30.1 Å². The molecule has 1 aromatic carbocycles. The van der Waals surface area contributed by atoms with E-state index in [1.807, 2.05) is 63.5 Å². The fraction of sp³-hybridized carbons (Fsp3) is 0.641. The van der Waals surface area contributed by atoms with Crippen LogP contribution in [0.15, 0.2) is 40.4 Å². The number of likely N-dealkylation sites (tertiary alicyclic amines) is 1. The number of β-amino-alcohol motifs (C(OH)–C–C–N with tert-alkyl or cyclic N) is 1. The quantitative estimate of drug-likeness (QED) is 0.189. The molecule has 2 N–H and O–H groups in total. The summed E-state index contributed by atoms with van der Waals surface area (Å²) in [4.78, 5) is 37.3. The van der Waals surface area contributed by atoms with Gasteiger partial charge in [0.2, 0.25) is 11.8 Å². The zero-order valence-electron chi connectivity index (χ0n) is 30.7. The van der Waals surface area contributed by atoms with Crippen LogP contribution < -0.4 is 10.2 Å². The second-order valence-electron chi connectivity index (χ2n) is 15.2. The fourth-order valence-electron chi connectivity index (χ4n) is 8.30. The molecule has 268 valence electrons. The highest BCUT2D eigenvalue weighted by Crippen LogP contribution is 2.43. The molecule has 0 bridgehead atoms. The number of aliphatic hydroxyl groups excluding tert-OH is 1. The average Bonchev–Trinajstić information content (AvgIpc) is 3.84. The first-order valence-corrected chi connectivity index (χ1v) is 19.3. The summed E-state index contributed by atoms with van der Waals surface area (Å²) in [5.74, 6) is 1.33. The number of aliphatic hydroxyl groups is 1. The van der Waals surface area contributed by atoms with Gasteiger partial charge in [-0.25, -0.2) is 4.98 Å². The number of aromatic nitrogens is 2. The summed E-state index contributed by atoms with van der Waals surface area (Å²) < 4.78 is 5.92. The Morgan fingerprint density at radius 1 is 1.10 bits per heavy atom. The third-order valence-electron chi connectivity index (χ3n) is 11.6. The standard InChI is InChI=1S/C39H57N5O4S/c1-9-39(10-2,25(5)6)20-28-12-11-17-43(21-28)34-19-33(48-42-34)35(24(3)4)38(47)44-22-31(45)18-32(44)37(46)41-26(7)29-13-15-30(16-14-29)36-27(8)40-23-49-36/h13-16,19,23-26,28,31-32,35,45H,9-12,17-18,20-22H2,1-8H3,(H,41,46). The lowest BCUT2D eigenvalue weighted by molar-refractivity contribution is -0.141. The highest BCUT2D eigenvalue weighted by Gasteiger charge is 2.44. The number of hydrogen-bond donors (Lipinski definition) is 2. The van der Waals surface area contributed by atoms with Gasteiger partial charge in [-0.3, -0.25) is 9.59 Å². The lowest BCUT2D eigenvalue weighted by Crippen LogP contribution is -2.48. The van der Waals surface area contributed by atoms with Crippen LogP contribution in [0.4, 0.5) is 5.82 Å². The first-order chi connectivity index (χ1) is 23.4. The van der Waals surface area contributed by atoms with Gasteiger partial charge in [0.05, 0.1) is 28.2 Å². The molecule has 0 radical (unpaired) electrons. The molecule has 0 spiro atoms. The van der Waals surface area contributed by atoms with Gasteiger partial charge in [-0.2, -0.15) is 0 Å². The third-order valence-corrected chi connectivity index (χ3v) is 12.5. The van der Waals surface area contributed by atoms with Crippen molar-refractivity contribution in [2.75, 3.05) is 24.5 Å². The van der Waals surface area contributed by atoms with E-state index < -0.39 is 18.1 Å². The Bertz CT molecular complexity index is 1540. The molecular weight excluding hydrogens is 635 g/mol. The summed E-state index contributed by atoms with van der Waals surface area (Å²) in [5, 5.41) is 18.3. The van der Waals surface area contributed by atoms with E-state index in [0.717, 1.165) is 47.0 Å². The van der Waals surface area contributed by atoms with E-state index in [1.165, 1.54) is 25.7 Å². The van der Waals surface area contributed by atoms with Crippen molar-refractivity contribution in [3.63, 3.8) is 0 Å². The molecule has 10 heteroatoms. The zero-order valence-corrected chi connectivity index (χ0v) is 31.6. The van der Waals surface area contributed by atoms with Crippen LogP contribution in [0.5, 0.6) is 0 Å². The maximum atomic E-state index is 14.2. The van der Waals surface area contributed by atoms with Crippen molar-refractivity contribution in [3.8, 4) is 10.4 Å². The van der Waals surface area contributed by atoms with Crippen molar-refractivity contribution >= 4 is 29.0 Å². The summed E-state index contributed by atoms with van der Waals surface area (Å²) in [5.41, 5.74) is 5.25. The van der Waals surface area contributed by atoms with E-state index in [-0.39, 0.29) is 36.7 Å². The van der Waals surface area contributed by atoms with Crippen molar-refractivity contribution < 1.29 is 19.2 Å². The summed E-state index contributed by atoms with van der Waals surface area (Å²) in [6.45, 7) is 19.3. The van der Waals surface area contributed by atoms with Crippen molar-refractivity contribution in [2.24, 2.45) is 23.2 Å². The minimum absolute atomic E-state index is 0.0933. The normalized spacial score (nSPS) is 21.4. The van der Waals surface area contributed by atoms with Gasteiger partial charge in [0.25, 0.3) is 0 Å². The minimum Gasteiger partial charge on any atom is -0.391 e. The molecule has 2 fully saturated rings. The molecule has 2 saturated heterocycles. The lowest BCUT2D eigenvalue weighted by atomic mass is 9.66. The number of nitrogens with one attached hydrogen (secondary N) is 1. The van der Waals surface area contributed by atoms with Crippen LogP contribution >= 0.6 is 11.3 Å². The summed E-state index contributed by atoms with van der Waals surface area (Å²) in [6, 6.07) is 9.01. The summed E-state index contributed by atoms with van der Waals surface area (Å²) in [7, 11) is 0. The summed E-state index contributed by atoms with van der Waals surface area (Å²) >= 11 is 1.61. The Kier molecular flexibility index (Phi) is 11.9. The van der Waals surface area contributed by atoms with Crippen LogP contribution in [0.1, 0.15) is 116 Å². The van der Waals surface area contributed by atoms with E-state index in [9.17, 15) is 14.7 Å². The van der Waals surface area contributed by atoms with Gasteiger partial charge >= 0.3 is 0 Å². The van der Waals surface area contributed by atoms with Gasteiger partial charge in [-0.05, 0) is 67.4 Å². The molecule has 49 heavy (non-hydrogen) atoms. The van der Waals surface area contributed by atoms with Gasteiger partial charge in [0.1, 0.15) is 12.0 Å². The lowest BCUT2D eigenvalue weighted by Gasteiger charge is -2.42. The Balaban J connectivity index is 1.26. The van der Waals surface area contributed by atoms with E-state index in [2.05, 4.69) is 48.1 Å². The van der Waals surface area contributed by atoms with Crippen molar-refractivity contribution in [1.82, 2.24) is 20.4 Å². The zero-order chi connectivity index (χ0) is 35.5. The van der Waals surface area contributed by atoms with Crippen LogP contribution in [-0.2, 0) is 9.59 Å². The number of aryl methyl sites for hydroxylation is 1. The van der Waals surface area contributed by atoms with Crippen LogP contribution in [0.3, 0.4) is 0 Å². The molecule has 9 nitrogen and oxygen atoms in total. The number of anilines is 1.